The maximum Gasteiger partial charge on any atom is 0.237 e. The minimum atomic E-state index is 0.0621. The average molecular weight is 323 g/mol. The third-order valence-corrected chi connectivity index (χ3v) is 5.16. The number of hydrogen-bond donors (Lipinski definition) is 0. The molecule has 0 spiro atoms. The number of hydrogen-bond acceptors (Lipinski definition) is 2. The van der Waals surface area contributed by atoms with Gasteiger partial charge in [0, 0.05) is 18.1 Å². The zero-order valence-electron chi connectivity index (χ0n) is 13.9. The molecule has 0 radical (unpaired) electrons. The summed E-state index contributed by atoms with van der Waals surface area (Å²) in [6.07, 6.45) is 5.06. The van der Waals surface area contributed by atoms with Gasteiger partial charge in [-0.1, -0.05) is 43.5 Å². The highest BCUT2D eigenvalue weighted by Crippen LogP contribution is 2.24. The summed E-state index contributed by atoms with van der Waals surface area (Å²) in [5.74, 6) is 0.191. The number of benzene rings is 1. The largest absolute Gasteiger partial charge is 0.338 e. The number of carbonyl (C=O) groups excluding carboxylic acids is 1. The van der Waals surface area contributed by atoms with Gasteiger partial charge in [0.15, 0.2) is 0 Å². The van der Waals surface area contributed by atoms with E-state index in [1.54, 1.807) is 0 Å². The highest BCUT2D eigenvalue weighted by atomic mass is 35.5. The van der Waals surface area contributed by atoms with Crippen molar-refractivity contribution in [2.24, 2.45) is 0 Å². The Morgan fingerprint density at radius 2 is 1.86 bits per heavy atom. The Bertz CT molecular complexity index is 482. The van der Waals surface area contributed by atoms with E-state index in [-0.39, 0.29) is 11.9 Å². The van der Waals surface area contributed by atoms with Gasteiger partial charge in [-0.25, -0.2) is 0 Å². The number of rotatable bonds is 6. The fourth-order valence-electron chi connectivity index (χ4n) is 3.23. The summed E-state index contributed by atoms with van der Waals surface area (Å²) < 4.78 is 0. The van der Waals surface area contributed by atoms with Crippen molar-refractivity contribution in [1.29, 1.82) is 0 Å². The summed E-state index contributed by atoms with van der Waals surface area (Å²) in [5, 5.41) is 0.725. The second kappa shape index (κ2) is 7.98. The van der Waals surface area contributed by atoms with Gasteiger partial charge >= 0.3 is 0 Å². The second-order valence-electron chi connectivity index (χ2n) is 6.23. The molecule has 3 nitrogen and oxygen atoms in total. The van der Waals surface area contributed by atoms with Crippen LogP contribution in [0.15, 0.2) is 24.3 Å². The van der Waals surface area contributed by atoms with Gasteiger partial charge in [-0.3, -0.25) is 9.69 Å². The standard InChI is InChI=1S/C18H27ClN2O/c1-4-21(17-7-5-6-8-17)13-18(22)20(3)14(2)15-9-11-16(19)12-10-15/h9-12,14,17H,4-8,13H2,1-3H3/t14-/m1/s1. The van der Waals surface area contributed by atoms with Crippen molar-refractivity contribution in [3.8, 4) is 0 Å². The molecule has 1 fully saturated rings. The van der Waals surface area contributed by atoms with Crippen LogP contribution in [-0.2, 0) is 4.79 Å². The molecule has 0 N–H and O–H groups in total. The van der Waals surface area contributed by atoms with Crippen LogP contribution in [0, 0.1) is 0 Å². The molecule has 0 bridgehead atoms. The Labute approximate surface area is 139 Å². The van der Waals surface area contributed by atoms with Gasteiger partial charge in [-0.15, -0.1) is 0 Å². The van der Waals surface area contributed by atoms with E-state index in [0.29, 0.717) is 12.6 Å². The summed E-state index contributed by atoms with van der Waals surface area (Å²) in [4.78, 5) is 16.8. The molecular weight excluding hydrogens is 296 g/mol. The van der Waals surface area contributed by atoms with Crippen LogP contribution >= 0.6 is 11.6 Å². The van der Waals surface area contributed by atoms with E-state index in [2.05, 4.69) is 18.7 Å². The Morgan fingerprint density at radius 3 is 2.41 bits per heavy atom. The van der Waals surface area contributed by atoms with Gasteiger partial charge in [0.05, 0.1) is 12.6 Å². The summed E-state index contributed by atoms with van der Waals surface area (Å²) in [5.41, 5.74) is 1.11. The predicted octanol–water partition coefficient (Wildman–Crippen LogP) is 4.12. The molecule has 0 unspecified atom stereocenters. The molecule has 1 saturated carbocycles. The second-order valence-corrected chi connectivity index (χ2v) is 6.67. The Morgan fingerprint density at radius 1 is 1.27 bits per heavy atom. The van der Waals surface area contributed by atoms with Crippen molar-refractivity contribution in [1.82, 2.24) is 9.80 Å². The lowest BCUT2D eigenvalue weighted by Crippen LogP contribution is -2.43. The monoisotopic (exact) mass is 322 g/mol. The van der Waals surface area contributed by atoms with Crippen molar-refractivity contribution < 1.29 is 4.79 Å². The maximum atomic E-state index is 12.6. The molecule has 1 atom stereocenters. The van der Waals surface area contributed by atoms with Crippen molar-refractivity contribution in [3.05, 3.63) is 34.9 Å². The van der Waals surface area contributed by atoms with E-state index in [1.807, 2.05) is 36.2 Å². The van der Waals surface area contributed by atoms with Crippen LogP contribution in [-0.4, -0.2) is 41.9 Å². The van der Waals surface area contributed by atoms with Gasteiger partial charge in [-0.05, 0) is 44.0 Å². The minimum Gasteiger partial charge on any atom is -0.338 e. The van der Waals surface area contributed by atoms with E-state index < -0.39 is 0 Å². The highest BCUT2D eigenvalue weighted by molar-refractivity contribution is 6.30. The molecule has 0 saturated heterocycles. The van der Waals surface area contributed by atoms with Crippen LogP contribution in [0.25, 0.3) is 0 Å². The molecule has 22 heavy (non-hydrogen) atoms. The fourth-order valence-corrected chi connectivity index (χ4v) is 3.36. The van der Waals surface area contributed by atoms with Crippen LogP contribution in [0.3, 0.4) is 0 Å². The lowest BCUT2D eigenvalue weighted by molar-refractivity contribution is -0.133. The number of halogens is 1. The molecule has 1 aromatic rings. The van der Waals surface area contributed by atoms with Crippen LogP contribution in [0.1, 0.15) is 51.1 Å². The normalized spacial score (nSPS) is 17.0. The molecule has 1 aromatic carbocycles. The number of nitrogens with zero attached hydrogens (tertiary/aromatic N) is 2. The van der Waals surface area contributed by atoms with Gasteiger partial charge in [0.25, 0.3) is 0 Å². The fraction of sp³-hybridized carbons (Fsp3) is 0.611. The lowest BCUT2D eigenvalue weighted by Gasteiger charge is -2.31. The first-order valence-electron chi connectivity index (χ1n) is 8.28. The number of carbonyl (C=O) groups is 1. The molecule has 2 rings (SSSR count). The van der Waals surface area contributed by atoms with Gasteiger partial charge in [-0.2, -0.15) is 0 Å². The zero-order chi connectivity index (χ0) is 16.1. The van der Waals surface area contributed by atoms with Crippen LogP contribution in [0.2, 0.25) is 5.02 Å². The number of amides is 1. The molecule has 1 aliphatic rings. The molecule has 0 aromatic heterocycles. The predicted molar refractivity (Wildman–Crippen MR) is 92.1 cm³/mol. The van der Waals surface area contributed by atoms with E-state index in [9.17, 15) is 4.79 Å². The summed E-state index contributed by atoms with van der Waals surface area (Å²) in [6.45, 7) is 5.68. The van der Waals surface area contributed by atoms with Crippen LogP contribution in [0.4, 0.5) is 0 Å². The minimum absolute atomic E-state index is 0.0621. The molecular formula is C18H27ClN2O. The first kappa shape index (κ1) is 17.3. The summed E-state index contributed by atoms with van der Waals surface area (Å²) in [6, 6.07) is 8.39. The molecule has 1 aliphatic carbocycles. The summed E-state index contributed by atoms with van der Waals surface area (Å²) >= 11 is 5.93. The topological polar surface area (TPSA) is 23.6 Å². The highest BCUT2D eigenvalue weighted by Gasteiger charge is 2.25. The van der Waals surface area contributed by atoms with Crippen molar-refractivity contribution in [2.75, 3.05) is 20.1 Å². The lowest BCUT2D eigenvalue weighted by atomic mass is 10.1. The first-order valence-corrected chi connectivity index (χ1v) is 8.66. The Kier molecular flexibility index (Phi) is 6.27. The van der Waals surface area contributed by atoms with Gasteiger partial charge < -0.3 is 4.90 Å². The first-order chi connectivity index (χ1) is 10.5. The molecule has 122 valence electrons. The molecule has 0 heterocycles. The molecule has 0 aliphatic heterocycles. The van der Waals surface area contributed by atoms with E-state index in [1.165, 1.54) is 25.7 Å². The maximum absolute atomic E-state index is 12.6. The molecule has 4 heteroatoms. The van der Waals surface area contributed by atoms with E-state index in [4.69, 9.17) is 11.6 Å². The van der Waals surface area contributed by atoms with Crippen molar-refractivity contribution >= 4 is 17.5 Å². The SMILES string of the molecule is CCN(CC(=O)N(C)[C@H](C)c1ccc(Cl)cc1)C1CCCC1. The third-order valence-electron chi connectivity index (χ3n) is 4.91. The van der Waals surface area contributed by atoms with E-state index >= 15 is 0 Å². The smallest absolute Gasteiger partial charge is 0.237 e. The van der Waals surface area contributed by atoms with Crippen molar-refractivity contribution in [2.45, 2.75) is 51.6 Å². The molecule has 1 amide bonds. The van der Waals surface area contributed by atoms with Crippen LogP contribution < -0.4 is 0 Å². The third kappa shape index (κ3) is 4.23. The van der Waals surface area contributed by atoms with Crippen LogP contribution in [0.5, 0.6) is 0 Å². The Hall–Kier alpha value is -1.06. The van der Waals surface area contributed by atoms with Crippen molar-refractivity contribution in [3.63, 3.8) is 0 Å². The zero-order valence-corrected chi connectivity index (χ0v) is 14.6. The van der Waals surface area contributed by atoms with Gasteiger partial charge in [0.1, 0.15) is 0 Å². The number of likely N-dealkylation sites (N-methyl/N-ethyl adjacent to an activating group) is 2. The average Bonchev–Trinajstić information content (AvgIpc) is 3.06. The quantitative estimate of drug-likeness (QED) is 0.786. The van der Waals surface area contributed by atoms with Gasteiger partial charge in [0.2, 0.25) is 5.91 Å². The Balaban J connectivity index is 1.96. The van der Waals surface area contributed by atoms with E-state index in [0.717, 1.165) is 17.1 Å². The summed E-state index contributed by atoms with van der Waals surface area (Å²) in [7, 11) is 1.89.